The average molecular weight is 449 g/mol. The Labute approximate surface area is 192 Å². The molecule has 8 heteroatoms. The fraction of sp³-hybridized carbons (Fsp3) is 0.360. The fourth-order valence-electron chi connectivity index (χ4n) is 4.35. The van der Waals surface area contributed by atoms with E-state index < -0.39 is 17.5 Å². The Kier molecular flexibility index (Phi) is 5.93. The summed E-state index contributed by atoms with van der Waals surface area (Å²) >= 11 is 0. The third-order valence-corrected chi connectivity index (χ3v) is 6.26. The predicted octanol–water partition coefficient (Wildman–Crippen LogP) is 3.07. The first kappa shape index (κ1) is 22.5. The van der Waals surface area contributed by atoms with E-state index in [0.717, 1.165) is 17.5 Å². The molecule has 0 aliphatic carbocycles. The summed E-state index contributed by atoms with van der Waals surface area (Å²) in [7, 11) is 0. The Bertz CT molecular complexity index is 1140. The van der Waals surface area contributed by atoms with Crippen LogP contribution in [0.1, 0.15) is 60.7 Å². The van der Waals surface area contributed by atoms with Gasteiger partial charge in [-0.15, -0.1) is 0 Å². The van der Waals surface area contributed by atoms with Gasteiger partial charge < -0.3 is 15.5 Å². The minimum atomic E-state index is -0.665. The minimum Gasteiger partial charge on any atom is -0.329 e. The van der Waals surface area contributed by atoms with Crippen molar-refractivity contribution in [2.75, 3.05) is 5.32 Å². The molecule has 33 heavy (non-hydrogen) atoms. The van der Waals surface area contributed by atoms with Crippen molar-refractivity contribution in [1.29, 1.82) is 0 Å². The second kappa shape index (κ2) is 8.69. The molecule has 0 aromatic heterocycles. The third kappa shape index (κ3) is 4.60. The number of benzene rings is 2. The van der Waals surface area contributed by atoms with Crippen molar-refractivity contribution in [3.8, 4) is 0 Å². The molecule has 1 saturated heterocycles. The summed E-state index contributed by atoms with van der Waals surface area (Å²) in [5.41, 5.74) is 3.43. The van der Waals surface area contributed by atoms with Gasteiger partial charge in [-0.3, -0.25) is 19.7 Å². The quantitative estimate of drug-likeness (QED) is 0.611. The smallest absolute Gasteiger partial charge is 0.319 e. The summed E-state index contributed by atoms with van der Waals surface area (Å²) in [4.78, 5) is 50.6. The average Bonchev–Trinajstić information content (AvgIpc) is 3.09. The number of carbonyl (C=O) groups is 4. The number of urea groups is 1. The van der Waals surface area contributed by atoms with Crippen LogP contribution in [0.15, 0.2) is 42.5 Å². The van der Waals surface area contributed by atoms with Crippen molar-refractivity contribution >= 4 is 29.4 Å². The molecule has 4 rings (SSSR count). The van der Waals surface area contributed by atoms with Gasteiger partial charge in [0.25, 0.3) is 5.91 Å². The van der Waals surface area contributed by atoms with Gasteiger partial charge in [0.2, 0.25) is 11.8 Å². The molecule has 2 heterocycles. The maximum Gasteiger partial charge on any atom is 0.319 e. The first-order valence-electron chi connectivity index (χ1n) is 11.1. The third-order valence-electron chi connectivity index (χ3n) is 6.26. The van der Waals surface area contributed by atoms with Crippen molar-refractivity contribution in [1.82, 2.24) is 15.5 Å². The maximum atomic E-state index is 12.8. The molecule has 3 N–H and O–H groups in total. The Hall–Kier alpha value is -3.68. The van der Waals surface area contributed by atoms with E-state index in [0.29, 0.717) is 17.7 Å². The second-order valence-electron chi connectivity index (χ2n) is 9.03. The second-order valence-corrected chi connectivity index (χ2v) is 9.03. The highest BCUT2D eigenvalue weighted by Gasteiger charge is 2.39. The normalized spacial score (nSPS) is 18.1. The summed E-state index contributed by atoms with van der Waals surface area (Å²) < 4.78 is 0. The summed E-state index contributed by atoms with van der Waals surface area (Å²) in [6.07, 6.45) is 1.44. The van der Waals surface area contributed by atoms with E-state index in [-0.39, 0.29) is 30.8 Å². The molecule has 2 aromatic carbocycles. The number of nitrogens with zero attached hydrogens (tertiary/aromatic N) is 1. The van der Waals surface area contributed by atoms with E-state index >= 15 is 0 Å². The number of aryl methyl sites for hydroxylation is 1. The van der Waals surface area contributed by atoms with Crippen LogP contribution >= 0.6 is 0 Å². The first-order chi connectivity index (χ1) is 15.7. The fourth-order valence-corrected chi connectivity index (χ4v) is 4.35. The number of piperidine rings is 1. The predicted molar refractivity (Wildman–Crippen MR) is 123 cm³/mol. The molecule has 8 nitrogen and oxygen atoms in total. The molecule has 1 atom stereocenters. The monoisotopic (exact) mass is 448 g/mol. The number of anilines is 1. The van der Waals surface area contributed by atoms with E-state index in [9.17, 15) is 19.2 Å². The topological polar surface area (TPSA) is 108 Å². The summed E-state index contributed by atoms with van der Waals surface area (Å²) in [5, 5.41) is 8.15. The SMILES string of the molecule is CCc1cccc(C(C)(C)NC(=O)Nc2ccc3c(c2)CN(C2CCC(=O)NC2=O)C3=O)c1. The lowest BCUT2D eigenvalue weighted by Crippen LogP contribution is -2.52. The molecular weight excluding hydrogens is 420 g/mol. The van der Waals surface area contributed by atoms with Crippen LogP contribution in [0.2, 0.25) is 0 Å². The Morgan fingerprint density at radius 1 is 1.15 bits per heavy atom. The lowest BCUT2D eigenvalue weighted by molar-refractivity contribution is -0.136. The van der Waals surface area contributed by atoms with Gasteiger partial charge in [0.15, 0.2) is 0 Å². The van der Waals surface area contributed by atoms with Crippen LogP contribution in [-0.4, -0.2) is 34.7 Å². The number of hydrogen-bond donors (Lipinski definition) is 3. The zero-order valence-electron chi connectivity index (χ0n) is 19.0. The number of amides is 5. The Morgan fingerprint density at radius 2 is 1.94 bits per heavy atom. The highest BCUT2D eigenvalue weighted by Crippen LogP contribution is 2.29. The van der Waals surface area contributed by atoms with Gasteiger partial charge in [-0.25, -0.2) is 4.79 Å². The van der Waals surface area contributed by atoms with Crippen LogP contribution in [0.5, 0.6) is 0 Å². The molecule has 2 aromatic rings. The standard InChI is InChI=1S/C25H28N4O4/c1-4-15-6-5-7-17(12-15)25(2,3)28-24(33)26-18-8-9-19-16(13-18)14-29(23(19)32)20-10-11-21(30)27-22(20)31/h5-9,12-13,20H,4,10-11,14H2,1-3H3,(H2,26,28,33)(H,27,30,31). The van der Waals surface area contributed by atoms with Crippen LogP contribution in [-0.2, 0) is 28.1 Å². The molecule has 5 amide bonds. The van der Waals surface area contributed by atoms with Crippen LogP contribution in [0, 0.1) is 0 Å². The molecule has 2 aliphatic rings. The van der Waals surface area contributed by atoms with Crippen LogP contribution < -0.4 is 16.0 Å². The van der Waals surface area contributed by atoms with Gasteiger partial charge in [-0.1, -0.05) is 31.2 Å². The van der Waals surface area contributed by atoms with Crippen molar-refractivity contribution in [3.05, 3.63) is 64.7 Å². The number of carbonyl (C=O) groups excluding carboxylic acids is 4. The number of rotatable bonds is 5. The van der Waals surface area contributed by atoms with E-state index in [2.05, 4.69) is 35.0 Å². The largest absolute Gasteiger partial charge is 0.329 e. The maximum absolute atomic E-state index is 12.8. The van der Waals surface area contributed by atoms with Crippen molar-refractivity contribution in [3.63, 3.8) is 0 Å². The number of imide groups is 1. The number of nitrogens with one attached hydrogen (secondary N) is 3. The van der Waals surface area contributed by atoms with Gasteiger partial charge in [-0.05, 0) is 61.6 Å². The van der Waals surface area contributed by atoms with E-state index in [4.69, 9.17) is 0 Å². The van der Waals surface area contributed by atoms with Gasteiger partial charge in [0, 0.05) is 24.2 Å². The molecule has 0 saturated carbocycles. The van der Waals surface area contributed by atoms with E-state index in [1.54, 1.807) is 18.2 Å². The summed E-state index contributed by atoms with van der Waals surface area (Å²) in [6.45, 7) is 6.24. The van der Waals surface area contributed by atoms with Crippen LogP contribution in [0.25, 0.3) is 0 Å². The minimum absolute atomic E-state index is 0.209. The van der Waals surface area contributed by atoms with Gasteiger partial charge in [0.05, 0.1) is 5.54 Å². The molecule has 172 valence electrons. The van der Waals surface area contributed by atoms with Crippen molar-refractivity contribution in [2.24, 2.45) is 0 Å². The van der Waals surface area contributed by atoms with Crippen LogP contribution in [0.4, 0.5) is 10.5 Å². The summed E-state index contributed by atoms with van der Waals surface area (Å²) in [6, 6.07) is 12.2. The molecule has 0 radical (unpaired) electrons. The first-order valence-corrected chi connectivity index (χ1v) is 11.1. The van der Waals surface area contributed by atoms with E-state index in [1.165, 1.54) is 10.5 Å². The lowest BCUT2D eigenvalue weighted by atomic mass is 9.92. The molecular formula is C25H28N4O4. The van der Waals surface area contributed by atoms with Gasteiger partial charge in [-0.2, -0.15) is 0 Å². The number of hydrogen-bond acceptors (Lipinski definition) is 4. The highest BCUT2D eigenvalue weighted by atomic mass is 16.2. The molecule has 0 bridgehead atoms. The Balaban J connectivity index is 1.44. The highest BCUT2D eigenvalue weighted by molar-refractivity contribution is 6.05. The van der Waals surface area contributed by atoms with Crippen molar-refractivity contribution in [2.45, 2.75) is 58.2 Å². The van der Waals surface area contributed by atoms with Crippen LogP contribution in [0.3, 0.4) is 0 Å². The van der Waals surface area contributed by atoms with Crippen molar-refractivity contribution < 1.29 is 19.2 Å². The Morgan fingerprint density at radius 3 is 2.67 bits per heavy atom. The molecule has 1 fully saturated rings. The molecule has 0 spiro atoms. The molecule has 1 unspecified atom stereocenters. The van der Waals surface area contributed by atoms with E-state index in [1.807, 2.05) is 26.0 Å². The summed E-state index contributed by atoms with van der Waals surface area (Å²) in [5.74, 6) is -1.01. The van der Waals surface area contributed by atoms with Gasteiger partial charge >= 0.3 is 6.03 Å². The molecule has 2 aliphatic heterocycles. The lowest BCUT2D eigenvalue weighted by Gasteiger charge is -2.29. The number of fused-ring (bicyclic) bond motifs is 1. The van der Waals surface area contributed by atoms with Gasteiger partial charge in [0.1, 0.15) is 6.04 Å². The zero-order chi connectivity index (χ0) is 23.8. The zero-order valence-corrected chi connectivity index (χ0v) is 19.0.